The van der Waals surface area contributed by atoms with Gasteiger partial charge in [-0.05, 0) is 288 Å². The monoisotopic (exact) mass is 1870 g/mol. The topological polar surface area (TPSA) is 344 Å². The van der Waals surface area contributed by atoms with Crippen molar-refractivity contribution in [2.75, 3.05) is 32.7 Å². The molecule has 4 aliphatic carbocycles. The molecule has 6 amide bonds. The third-order valence-electron chi connectivity index (χ3n) is 26.9. The number of hydrogen-bond donors (Lipinski definition) is 6. The van der Waals surface area contributed by atoms with E-state index in [1.165, 1.54) is 50.2 Å². The summed E-state index contributed by atoms with van der Waals surface area (Å²) in [5.41, 5.74) is 30.2. The number of amides is 6. The van der Waals surface area contributed by atoms with Gasteiger partial charge in [-0.2, -0.15) is 0 Å². The van der Waals surface area contributed by atoms with Crippen molar-refractivity contribution in [1.29, 1.82) is 0 Å². The van der Waals surface area contributed by atoms with Crippen molar-refractivity contribution < 1.29 is 46.3 Å². The standard InChI is InChI=1S/2C28H24FN5O2.C27H28FN5O.C26H23FN6O/c1-15-11-17(7-9-22(15)29)24-21(3-2-10-31-24)19-6-8-20-13-32-27(34(20)14-19)28(36)33-25-18-5-4-16(12-18)23(25)26(30)35;1-15-11-18(6-7-22(15)29)24-21(3-2-9-31-24)16-8-10-34-20(13-16)14-32-27(34)28(36)33-25-19-5-4-17(12-19)23(25)26(30)35;1-19-16-21(7-8-24(19)28)25-23(6-4-10-29-25)20-9-15-33-22(17-20)18-31-26(33)27(34)30-11-5-14-32-12-2-3-13-32;1-18-14-20(5-6-23(18)27)24-22(4-2-8-29-24)19-7-12-33-21(15-19)16-31-25(33)26(34)30-9-3-11-32-13-10-28-17-32/h2-11,13-14,16,18,23,25H,12H2,1H3,(H2,30,35)(H,33,36);2-11,13-14,17,19,23,25H,12H2,1H3,(H2,30,35)(H,33,36);4,6-10,15-18H,2-3,5,11-14H2,1H3,(H,30,34);2,4-8,10,12-17H,3,9,11H2,1H3,(H,30,34)/t16?,18?,23-,25+;17?,19?,23-,25+;;/m00../s1. The number of fused-ring (bicyclic) bond motifs is 8. The van der Waals surface area contributed by atoms with Crippen LogP contribution in [-0.4, -0.2) is 152 Å². The van der Waals surface area contributed by atoms with Crippen molar-refractivity contribution in [2.24, 2.45) is 47.0 Å². The number of nitrogens with two attached hydrogens (primary N) is 2. The lowest BCUT2D eigenvalue weighted by molar-refractivity contribution is -0.123. The van der Waals surface area contributed by atoms with Gasteiger partial charge in [-0.3, -0.25) is 66.3 Å². The molecule has 1 aliphatic heterocycles. The van der Waals surface area contributed by atoms with Gasteiger partial charge in [0.15, 0.2) is 0 Å². The van der Waals surface area contributed by atoms with E-state index in [-0.39, 0.29) is 94.3 Å². The number of primary amides is 2. The van der Waals surface area contributed by atoms with E-state index in [9.17, 15) is 46.3 Å². The number of imidazole rings is 5. The highest BCUT2D eigenvalue weighted by Crippen LogP contribution is 2.46. The maximum absolute atomic E-state index is 13.9. The molecule has 4 aromatic carbocycles. The van der Waals surface area contributed by atoms with Gasteiger partial charge in [0, 0.05) is 144 Å². The average molecular weight is 1880 g/mol. The second-order valence-electron chi connectivity index (χ2n) is 35.9. The molecular formula is C109H99F4N21O6. The Balaban J connectivity index is 0.000000119. The number of nitrogens with one attached hydrogen (secondary N) is 4. The van der Waals surface area contributed by atoms with E-state index in [0.717, 1.165) is 145 Å². The van der Waals surface area contributed by atoms with E-state index in [1.54, 1.807) is 156 Å². The lowest BCUT2D eigenvalue weighted by atomic mass is 9.88. The van der Waals surface area contributed by atoms with E-state index in [4.69, 9.17) is 11.5 Å². The Labute approximate surface area is 802 Å². The van der Waals surface area contributed by atoms with Gasteiger partial charge in [-0.25, -0.2) is 42.5 Å². The molecule has 14 heterocycles. The maximum Gasteiger partial charge on any atom is 0.287 e. The number of benzene rings is 4. The highest BCUT2D eigenvalue weighted by atomic mass is 19.1. The summed E-state index contributed by atoms with van der Waals surface area (Å²) < 4.78 is 64.2. The zero-order valence-electron chi connectivity index (χ0n) is 77.1. The number of halogens is 4. The fraction of sp³-hybridized carbons (Fsp3) is 0.220. The Kier molecular flexibility index (Phi) is 26.7. The molecule has 1 saturated heterocycles. The van der Waals surface area contributed by atoms with Crippen molar-refractivity contribution in [3.63, 3.8) is 0 Å². The van der Waals surface area contributed by atoms with Crippen LogP contribution in [0.2, 0.25) is 0 Å². The zero-order chi connectivity index (χ0) is 96.9. The van der Waals surface area contributed by atoms with E-state index >= 15 is 0 Å². The lowest BCUT2D eigenvalue weighted by Crippen LogP contribution is -2.48. The van der Waals surface area contributed by atoms with Gasteiger partial charge >= 0.3 is 0 Å². The van der Waals surface area contributed by atoms with Crippen molar-refractivity contribution in [3.05, 3.63) is 356 Å². The molecule has 0 spiro atoms. The molecule has 4 bridgehead atoms. The van der Waals surface area contributed by atoms with Crippen LogP contribution in [0.25, 0.3) is 112 Å². The van der Waals surface area contributed by atoms with Crippen LogP contribution < -0.4 is 32.7 Å². The first kappa shape index (κ1) is 92.5. The SMILES string of the molecule is Cc1cc(-c2ncccc2-c2ccc3cnc(C(=O)N[C@@H]4C5C=CC(C5)[C@@H]4C(N)=O)n3c2)ccc1F.Cc1cc(-c2ncccc2-c2ccn3c(C(=O)NCCCN4CCCC4)ncc3c2)ccc1F.Cc1cc(-c2ncccc2-c2ccn3c(C(=O)NCCCn4ccnc4)ncc3c2)ccc1F.Cc1cc(-c2ncccc2-c2ccn3c(C(=O)N[C@@H]4C5C=CC(C5)[C@@H]4C(N)=O)ncc3c2)ccc1F. The normalized spacial score (nSPS) is 17.6. The Morgan fingerprint density at radius 3 is 1.09 bits per heavy atom. The lowest BCUT2D eigenvalue weighted by Gasteiger charge is -2.26. The van der Waals surface area contributed by atoms with E-state index in [1.807, 2.05) is 145 Å². The summed E-state index contributed by atoms with van der Waals surface area (Å²) in [6.45, 7) is 12.3. The fourth-order valence-electron chi connectivity index (χ4n) is 19.8. The van der Waals surface area contributed by atoms with Crippen molar-refractivity contribution >= 4 is 57.5 Å². The number of hydrogen-bond acceptors (Lipinski definition) is 16. The van der Waals surface area contributed by atoms with Gasteiger partial charge in [-0.1, -0.05) is 54.6 Å². The first-order valence-corrected chi connectivity index (χ1v) is 46.6. The number of nitrogens with zero attached hydrogens (tertiary/aromatic N) is 15. The summed E-state index contributed by atoms with van der Waals surface area (Å²) in [7, 11) is 0. The number of carbonyl (C=O) groups is 6. The molecule has 8 N–H and O–H groups in total. The zero-order valence-corrected chi connectivity index (χ0v) is 77.1. The minimum atomic E-state index is -0.414. The first-order valence-electron chi connectivity index (χ1n) is 46.6. The van der Waals surface area contributed by atoms with Crippen LogP contribution in [0, 0.1) is 86.5 Å². The second-order valence-corrected chi connectivity index (χ2v) is 35.9. The average Bonchev–Trinajstić information content (AvgIpc) is 1.72. The Bertz CT molecular complexity index is 7690. The quantitative estimate of drug-likeness (QED) is 0.0186. The maximum atomic E-state index is 13.9. The van der Waals surface area contributed by atoms with Gasteiger partial charge in [0.25, 0.3) is 23.6 Å². The van der Waals surface area contributed by atoms with Crippen LogP contribution in [0.15, 0.2) is 287 Å². The smallest absolute Gasteiger partial charge is 0.287 e. The Hall–Kier alpha value is -16.6. The number of allylic oxidation sites excluding steroid dienone is 2. The summed E-state index contributed by atoms with van der Waals surface area (Å²) in [6.07, 6.45) is 40.4. The van der Waals surface area contributed by atoms with Crippen LogP contribution in [0.4, 0.5) is 17.6 Å². The molecule has 4 unspecified atom stereocenters. The first-order chi connectivity index (χ1) is 68.0. The van der Waals surface area contributed by atoms with Crippen molar-refractivity contribution in [2.45, 2.75) is 84.8 Å². The molecule has 17 aromatic rings. The summed E-state index contributed by atoms with van der Waals surface area (Å²) in [6, 6.07) is 50.1. The number of aromatic nitrogens is 14. The number of aryl methyl sites for hydroxylation is 5. The summed E-state index contributed by atoms with van der Waals surface area (Å²) in [5, 5.41) is 12.0. The van der Waals surface area contributed by atoms with E-state index in [2.05, 4.69) is 83.2 Å². The van der Waals surface area contributed by atoms with Gasteiger partial charge in [0.2, 0.25) is 35.1 Å². The van der Waals surface area contributed by atoms with E-state index < -0.39 is 23.7 Å². The molecule has 27 nitrogen and oxygen atoms in total. The third kappa shape index (κ3) is 19.4. The van der Waals surface area contributed by atoms with Crippen LogP contribution in [-0.2, 0) is 16.1 Å². The molecule has 13 aromatic heterocycles. The molecule has 5 aliphatic rings. The number of carbonyl (C=O) groups excluding carboxylic acids is 6. The van der Waals surface area contributed by atoms with Crippen LogP contribution in [0.5, 0.6) is 0 Å². The largest absolute Gasteiger partial charge is 0.369 e. The summed E-state index contributed by atoms with van der Waals surface area (Å²) in [5.74, 6) is -2.16. The van der Waals surface area contributed by atoms with Gasteiger partial charge in [0.05, 0.1) is 87.8 Å². The molecule has 22 rings (SSSR count). The molecule has 8 atom stereocenters. The van der Waals surface area contributed by atoms with Crippen LogP contribution in [0.1, 0.15) is 103 Å². The van der Waals surface area contributed by atoms with E-state index in [0.29, 0.717) is 52.7 Å². The Morgan fingerprint density at radius 2 is 0.714 bits per heavy atom. The molecular weight excluding hydrogens is 1780 g/mol. The number of pyridine rings is 8. The van der Waals surface area contributed by atoms with Crippen LogP contribution >= 0.6 is 0 Å². The molecule has 704 valence electrons. The van der Waals surface area contributed by atoms with Crippen LogP contribution in [0.3, 0.4) is 0 Å². The highest BCUT2D eigenvalue weighted by molar-refractivity contribution is 5.97. The molecule has 3 fully saturated rings. The second kappa shape index (κ2) is 40.4. The Morgan fingerprint density at radius 1 is 0.364 bits per heavy atom. The molecule has 31 heteroatoms. The summed E-state index contributed by atoms with van der Waals surface area (Å²) in [4.78, 5) is 118. The summed E-state index contributed by atoms with van der Waals surface area (Å²) >= 11 is 0. The third-order valence-corrected chi connectivity index (χ3v) is 26.9. The molecule has 0 radical (unpaired) electrons. The predicted molar refractivity (Wildman–Crippen MR) is 525 cm³/mol. The van der Waals surface area contributed by atoms with Crippen molar-refractivity contribution in [3.8, 4) is 89.5 Å². The number of rotatable bonds is 24. The number of likely N-dealkylation sites (tertiary alicyclic amines) is 1. The minimum absolute atomic E-state index is 0.0699. The van der Waals surface area contributed by atoms with Crippen molar-refractivity contribution in [1.82, 2.24) is 93.2 Å². The fourth-order valence-corrected chi connectivity index (χ4v) is 19.8. The highest BCUT2D eigenvalue weighted by Gasteiger charge is 2.50. The molecule has 2 saturated carbocycles. The molecule has 140 heavy (non-hydrogen) atoms. The van der Waals surface area contributed by atoms with Gasteiger partial charge in [0.1, 0.15) is 23.3 Å². The predicted octanol–water partition coefficient (Wildman–Crippen LogP) is 17.1. The minimum Gasteiger partial charge on any atom is -0.369 e. The van der Waals surface area contributed by atoms with Gasteiger partial charge < -0.3 is 42.2 Å². The van der Waals surface area contributed by atoms with Gasteiger partial charge in [-0.15, -0.1) is 0 Å².